The predicted molar refractivity (Wildman–Crippen MR) is 109 cm³/mol. The third-order valence-corrected chi connectivity index (χ3v) is 4.77. The lowest BCUT2D eigenvalue weighted by molar-refractivity contribution is -0.122. The fourth-order valence-corrected chi connectivity index (χ4v) is 3.41. The molecule has 3 rings (SSSR count). The molecule has 0 aromatic heterocycles. The van der Waals surface area contributed by atoms with Crippen molar-refractivity contribution >= 4 is 11.6 Å². The first-order valence-electron chi connectivity index (χ1n) is 9.91. The van der Waals surface area contributed by atoms with Gasteiger partial charge >= 0.3 is 0 Å². The number of hydrogen-bond donors (Lipinski definition) is 1. The molecule has 27 heavy (non-hydrogen) atoms. The van der Waals surface area contributed by atoms with Gasteiger partial charge in [-0.25, -0.2) is 0 Å². The third kappa shape index (κ3) is 5.03. The van der Waals surface area contributed by atoms with Gasteiger partial charge in [0.05, 0.1) is 11.8 Å². The van der Waals surface area contributed by atoms with Gasteiger partial charge in [-0.1, -0.05) is 25.1 Å². The summed E-state index contributed by atoms with van der Waals surface area (Å²) in [6, 6.07) is 13.7. The Morgan fingerprint density at radius 2 is 1.78 bits per heavy atom. The molecule has 1 aliphatic carbocycles. The molecule has 0 fully saturated rings. The molecule has 4 nitrogen and oxygen atoms in total. The summed E-state index contributed by atoms with van der Waals surface area (Å²) in [5.74, 6) is 1.28. The van der Waals surface area contributed by atoms with Crippen LogP contribution in [-0.2, 0) is 17.6 Å². The molecular formula is C23H29NO3. The normalized spacial score (nSPS) is 14.4. The molecule has 4 heteroatoms. The fraction of sp³-hybridized carbons (Fsp3) is 0.435. The molecule has 0 radical (unpaired) electrons. The Bertz CT molecular complexity index is 785. The van der Waals surface area contributed by atoms with Gasteiger partial charge in [0.25, 0.3) is 5.91 Å². The SMILES string of the molecule is CC[C@H](Oc1ccc2c(c1)CCCC2)C(=O)Nc1ccccc1OC(C)C. The van der Waals surface area contributed by atoms with Crippen molar-refractivity contribution in [3.8, 4) is 11.5 Å². The first-order valence-corrected chi connectivity index (χ1v) is 9.91. The second kappa shape index (κ2) is 8.94. The maximum atomic E-state index is 12.8. The van der Waals surface area contributed by atoms with Crippen LogP contribution in [0.1, 0.15) is 51.2 Å². The van der Waals surface area contributed by atoms with Gasteiger partial charge in [0.15, 0.2) is 6.10 Å². The van der Waals surface area contributed by atoms with E-state index in [1.807, 2.05) is 51.1 Å². The van der Waals surface area contributed by atoms with Gasteiger partial charge in [-0.05, 0) is 81.3 Å². The minimum atomic E-state index is -0.543. The minimum absolute atomic E-state index is 0.0387. The average molecular weight is 367 g/mol. The summed E-state index contributed by atoms with van der Waals surface area (Å²) < 4.78 is 11.8. The summed E-state index contributed by atoms with van der Waals surface area (Å²) in [7, 11) is 0. The van der Waals surface area contributed by atoms with Crippen LogP contribution in [0.2, 0.25) is 0 Å². The minimum Gasteiger partial charge on any atom is -0.489 e. The number of benzene rings is 2. The quantitative estimate of drug-likeness (QED) is 0.736. The number of rotatable bonds is 7. The fourth-order valence-electron chi connectivity index (χ4n) is 3.41. The average Bonchev–Trinajstić information content (AvgIpc) is 2.67. The number of anilines is 1. The zero-order chi connectivity index (χ0) is 19.2. The molecule has 0 saturated carbocycles. The highest BCUT2D eigenvalue weighted by atomic mass is 16.5. The van der Waals surface area contributed by atoms with E-state index in [1.165, 1.54) is 24.0 Å². The highest BCUT2D eigenvalue weighted by Gasteiger charge is 2.21. The van der Waals surface area contributed by atoms with E-state index in [9.17, 15) is 4.79 Å². The standard InChI is InChI=1S/C23H29NO3/c1-4-21(27-19-14-13-17-9-5-6-10-18(17)15-19)23(25)24-20-11-7-8-12-22(20)26-16(2)3/h7-8,11-16,21H,4-6,9-10H2,1-3H3,(H,24,25)/t21-/m0/s1. The molecule has 0 aliphatic heterocycles. The maximum Gasteiger partial charge on any atom is 0.265 e. The summed E-state index contributed by atoms with van der Waals surface area (Å²) >= 11 is 0. The molecular weight excluding hydrogens is 338 g/mol. The lowest BCUT2D eigenvalue weighted by atomic mass is 9.92. The Morgan fingerprint density at radius 1 is 1.04 bits per heavy atom. The van der Waals surface area contributed by atoms with Crippen LogP contribution < -0.4 is 14.8 Å². The molecule has 1 aliphatic rings. The van der Waals surface area contributed by atoms with Crippen LogP contribution in [0.25, 0.3) is 0 Å². The largest absolute Gasteiger partial charge is 0.489 e. The number of fused-ring (bicyclic) bond motifs is 1. The number of carbonyl (C=O) groups is 1. The Hall–Kier alpha value is -2.49. The molecule has 0 unspecified atom stereocenters. The number of hydrogen-bond acceptors (Lipinski definition) is 3. The van der Waals surface area contributed by atoms with Crippen LogP contribution >= 0.6 is 0 Å². The Kier molecular flexibility index (Phi) is 6.38. The number of para-hydroxylation sites is 2. The third-order valence-electron chi connectivity index (χ3n) is 4.77. The number of aryl methyl sites for hydroxylation is 2. The van der Waals surface area contributed by atoms with Gasteiger partial charge in [-0.15, -0.1) is 0 Å². The molecule has 1 N–H and O–H groups in total. The van der Waals surface area contributed by atoms with Crippen molar-refractivity contribution < 1.29 is 14.3 Å². The monoisotopic (exact) mass is 367 g/mol. The second-order valence-corrected chi connectivity index (χ2v) is 7.30. The Balaban J connectivity index is 1.70. The summed E-state index contributed by atoms with van der Waals surface area (Å²) in [6.07, 6.45) is 4.80. The van der Waals surface area contributed by atoms with Crippen LogP contribution in [-0.4, -0.2) is 18.1 Å². The van der Waals surface area contributed by atoms with E-state index >= 15 is 0 Å². The number of nitrogens with one attached hydrogen (secondary N) is 1. The highest BCUT2D eigenvalue weighted by Crippen LogP contribution is 2.28. The van der Waals surface area contributed by atoms with Gasteiger partial charge in [0.2, 0.25) is 0 Å². The number of amides is 1. The second-order valence-electron chi connectivity index (χ2n) is 7.30. The van der Waals surface area contributed by atoms with Gasteiger partial charge in [0.1, 0.15) is 11.5 Å². The Labute approximate surface area is 161 Å². The van der Waals surface area contributed by atoms with Gasteiger partial charge < -0.3 is 14.8 Å². The van der Waals surface area contributed by atoms with Crippen LogP contribution in [0, 0.1) is 0 Å². The highest BCUT2D eigenvalue weighted by molar-refractivity contribution is 5.95. The van der Waals surface area contributed by atoms with E-state index in [2.05, 4.69) is 17.4 Å². The predicted octanol–water partition coefficient (Wildman–Crippen LogP) is 5.15. The molecule has 144 valence electrons. The molecule has 0 bridgehead atoms. The zero-order valence-electron chi connectivity index (χ0n) is 16.5. The van der Waals surface area contributed by atoms with Crippen LogP contribution in [0.15, 0.2) is 42.5 Å². The van der Waals surface area contributed by atoms with Crippen LogP contribution in [0.3, 0.4) is 0 Å². The van der Waals surface area contributed by atoms with E-state index in [-0.39, 0.29) is 12.0 Å². The molecule has 0 heterocycles. The van der Waals surface area contributed by atoms with Crippen molar-refractivity contribution in [1.82, 2.24) is 0 Å². The number of carbonyl (C=O) groups excluding carboxylic acids is 1. The van der Waals surface area contributed by atoms with Crippen molar-refractivity contribution in [3.63, 3.8) is 0 Å². The first kappa shape index (κ1) is 19.3. The van der Waals surface area contributed by atoms with Gasteiger partial charge in [0, 0.05) is 0 Å². The molecule has 0 spiro atoms. The topological polar surface area (TPSA) is 47.6 Å². The van der Waals surface area contributed by atoms with E-state index in [0.717, 1.165) is 18.6 Å². The van der Waals surface area contributed by atoms with Crippen molar-refractivity contribution in [2.45, 2.75) is 65.1 Å². The van der Waals surface area contributed by atoms with Gasteiger partial charge in [-0.3, -0.25) is 4.79 Å². The maximum absolute atomic E-state index is 12.8. The smallest absolute Gasteiger partial charge is 0.265 e. The molecule has 0 saturated heterocycles. The summed E-state index contributed by atoms with van der Waals surface area (Å²) in [5, 5.41) is 2.96. The van der Waals surface area contributed by atoms with Gasteiger partial charge in [-0.2, -0.15) is 0 Å². The van der Waals surface area contributed by atoms with E-state index < -0.39 is 6.10 Å². The summed E-state index contributed by atoms with van der Waals surface area (Å²) in [4.78, 5) is 12.8. The van der Waals surface area contributed by atoms with Crippen molar-refractivity contribution in [2.75, 3.05) is 5.32 Å². The Morgan fingerprint density at radius 3 is 2.52 bits per heavy atom. The van der Waals surface area contributed by atoms with E-state index in [1.54, 1.807) is 0 Å². The van der Waals surface area contributed by atoms with E-state index in [0.29, 0.717) is 17.9 Å². The summed E-state index contributed by atoms with van der Waals surface area (Å²) in [6.45, 7) is 5.89. The zero-order valence-corrected chi connectivity index (χ0v) is 16.5. The molecule has 1 amide bonds. The lowest BCUT2D eigenvalue weighted by Crippen LogP contribution is -2.32. The molecule has 2 aromatic rings. The molecule has 1 atom stereocenters. The van der Waals surface area contributed by atoms with Crippen molar-refractivity contribution in [3.05, 3.63) is 53.6 Å². The van der Waals surface area contributed by atoms with Crippen LogP contribution in [0.5, 0.6) is 11.5 Å². The van der Waals surface area contributed by atoms with Crippen molar-refractivity contribution in [1.29, 1.82) is 0 Å². The molecule has 2 aromatic carbocycles. The van der Waals surface area contributed by atoms with E-state index in [4.69, 9.17) is 9.47 Å². The summed E-state index contributed by atoms with van der Waals surface area (Å²) in [5.41, 5.74) is 3.43. The van der Waals surface area contributed by atoms with Crippen molar-refractivity contribution in [2.24, 2.45) is 0 Å². The number of ether oxygens (including phenoxy) is 2. The first-order chi connectivity index (χ1) is 13.1. The van der Waals surface area contributed by atoms with Crippen LogP contribution in [0.4, 0.5) is 5.69 Å². The lowest BCUT2D eigenvalue weighted by Gasteiger charge is -2.21.